The van der Waals surface area contributed by atoms with Crippen LogP contribution in [0.25, 0.3) is 0 Å². The van der Waals surface area contributed by atoms with Gasteiger partial charge in [-0.1, -0.05) is 48.7 Å². The van der Waals surface area contributed by atoms with Crippen LogP contribution in [-0.4, -0.2) is 127 Å². The number of ether oxygens (including phenoxy) is 5. The van der Waals surface area contributed by atoms with Crippen molar-refractivity contribution in [2.45, 2.75) is 58.0 Å². The number of anilines is 2. The summed E-state index contributed by atoms with van der Waals surface area (Å²) in [4.78, 5) is 45.7. The Balaban J connectivity index is 0.941. The van der Waals surface area contributed by atoms with Gasteiger partial charge in [-0.2, -0.15) is 9.58 Å². The van der Waals surface area contributed by atoms with Crippen LogP contribution in [-0.2, 0) is 42.7 Å². The van der Waals surface area contributed by atoms with Crippen molar-refractivity contribution in [2.75, 3.05) is 83.0 Å². The van der Waals surface area contributed by atoms with Gasteiger partial charge >= 0.3 is 18.1 Å². The second kappa shape index (κ2) is 20.9. The molecule has 63 heavy (non-hydrogen) atoms. The van der Waals surface area contributed by atoms with Crippen molar-refractivity contribution in [1.29, 1.82) is 0 Å². The van der Waals surface area contributed by atoms with Crippen LogP contribution in [0.4, 0.5) is 21.1 Å². The molecular formula is C42H54Cl2N11O8+. The summed E-state index contributed by atoms with van der Waals surface area (Å²) in [5.74, 6) is -0.832. The quantitative estimate of drug-likeness (QED) is 0.107. The third kappa shape index (κ3) is 11.3. The highest BCUT2D eigenvalue weighted by atomic mass is 35.5. The first-order valence-corrected chi connectivity index (χ1v) is 21.7. The number of hydrogen-bond donors (Lipinski definition) is 2. The smallest absolute Gasteiger partial charge is 0.418 e. The monoisotopic (exact) mass is 910 g/mol. The van der Waals surface area contributed by atoms with Gasteiger partial charge in [0.1, 0.15) is 37.6 Å². The van der Waals surface area contributed by atoms with Crippen molar-refractivity contribution >= 4 is 52.8 Å². The van der Waals surface area contributed by atoms with Gasteiger partial charge in [-0.05, 0) is 55.9 Å². The zero-order chi connectivity index (χ0) is 44.5. The number of piperazine rings is 1. The number of halogens is 2. The van der Waals surface area contributed by atoms with E-state index in [-0.39, 0.29) is 44.8 Å². The summed E-state index contributed by atoms with van der Waals surface area (Å²) in [6, 6.07) is 16.4. The van der Waals surface area contributed by atoms with Crippen molar-refractivity contribution in [1.82, 2.24) is 40.5 Å². The largest absolute Gasteiger partial charge is 0.491 e. The number of nitrogens with zero attached hydrogens (tertiary/aromatic N) is 9. The van der Waals surface area contributed by atoms with Crippen molar-refractivity contribution in [3.63, 3.8) is 0 Å². The van der Waals surface area contributed by atoms with Crippen molar-refractivity contribution < 1.29 is 42.6 Å². The normalized spacial score (nSPS) is 19.8. The summed E-state index contributed by atoms with van der Waals surface area (Å²) in [5, 5.41) is 14.0. The fourth-order valence-corrected chi connectivity index (χ4v) is 7.99. The second-order valence-electron chi connectivity index (χ2n) is 15.4. The maximum atomic E-state index is 13.3. The first-order chi connectivity index (χ1) is 30.4. The number of rotatable bonds is 18. The van der Waals surface area contributed by atoms with Gasteiger partial charge in [-0.25, -0.2) is 24.6 Å². The Bertz CT molecular complexity index is 2190. The summed E-state index contributed by atoms with van der Waals surface area (Å²) in [6.45, 7) is 8.76. The third-order valence-corrected chi connectivity index (χ3v) is 11.4. The number of hydrogen-bond acceptors (Lipinski definition) is 14. The molecule has 338 valence electrons. The van der Waals surface area contributed by atoms with Crippen LogP contribution in [0.5, 0.6) is 5.75 Å². The highest BCUT2D eigenvalue weighted by Crippen LogP contribution is 2.40. The molecule has 5 heterocycles. The van der Waals surface area contributed by atoms with E-state index >= 15 is 0 Å². The van der Waals surface area contributed by atoms with Crippen LogP contribution in [0.15, 0.2) is 73.4 Å². The number of hydrazine groups is 2. The summed E-state index contributed by atoms with van der Waals surface area (Å²) in [7, 11) is 3.17. The fourth-order valence-electron chi connectivity index (χ4n) is 7.43. The molecule has 3 unspecified atom stereocenters. The number of carbonyl (C=O) groups excluding carboxylic acids is 3. The Morgan fingerprint density at radius 2 is 1.92 bits per heavy atom. The molecule has 2 aromatic heterocycles. The number of urea groups is 1. The average Bonchev–Trinajstić information content (AvgIpc) is 4.03. The fraction of sp³-hybridized carbons (Fsp3) is 0.476. The number of likely N-dealkylation sites (N-methyl/N-ethyl adjacent to an activating group) is 1. The molecule has 0 saturated carbocycles. The number of carbonyl (C=O) groups is 3. The molecule has 3 aliphatic heterocycles. The highest BCUT2D eigenvalue weighted by molar-refractivity contribution is 6.35. The Morgan fingerprint density at radius 1 is 1.13 bits per heavy atom. The van der Waals surface area contributed by atoms with E-state index in [4.69, 9.17) is 46.9 Å². The van der Waals surface area contributed by atoms with E-state index < -0.39 is 30.2 Å². The Labute approximate surface area is 376 Å². The Kier molecular flexibility index (Phi) is 15.2. The van der Waals surface area contributed by atoms with Crippen molar-refractivity contribution in [3.05, 3.63) is 94.6 Å². The second-order valence-corrected chi connectivity index (χ2v) is 16.2. The van der Waals surface area contributed by atoms with Gasteiger partial charge in [0, 0.05) is 79.8 Å². The van der Waals surface area contributed by atoms with Crippen molar-refractivity contribution in [3.8, 4) is 5.75 Å². The summed E-state index contributed by atoms with van der Waals surface area (Å²) in [5.41, 5.74) is 5.13. The zero-order valence-corrected chi connectivity index (χ0v) is 37.3. The molecule has 4 aromatic rings. The van der Waals surface area contributed by atoms with Crippen LogP contribution in [0, 0.1) is 0 Å². The summed E-state index contributed by atoms with van der Waals surface area (Å²) >= 11 is 13.0. The first-order valence-electron chi connectivity index (χ1n) is 20.9. The van der Waals surface area contributed by atoms with Gasteiger partial charge in [-0.3, -0.25) is 15.1 Å². The minimum Gasteiger partial charge on any atom is -0.491 e. The predicted molar refractivity (Wildman–Crippen MR) is 232 cm³/mol. The van der Waals surface area contributed by atoms with Gasteiger partial charge in [-0.15, -0.1) is 4.68 Å². The van der Waals surface area contributed by atoms with Crippen LogP contribution in [0.3, 0.4) is 0 Å². The van der Waals surface area contributed by atoms with Gasteiger partial charge in [0.15, 0.2) is 6.54 Å². The first kappa shape index (κ1) is 45.7. The number of pyridine rings is 1. The van der Waals surface area contributed by atoms with E-state index in [1.807, 2.05) is 29.3 Å². The minimum atomic E-state index is -1.36. The average molecular weight is 912 g/mol. The molecule has 2 aromatic carbocycles. The molecule has 0 radical (unpaired) electrons. The van der Waals surface area contributed by atoms with E-state index in [2.05, 4.69) is 37.7 Å². The van der Waals surface area contributed by atoms with Gasteiger partial charge < -0.3 is 33.9 Å². The van der Waals surface area contributed by atoms with Gasteiger partial charge in [0.25, 0.3) is 6.33 Å². The molecule has 3 aliphatic rings. The number of amides is 3. The molecule has 19 nitrogen and oxygen atoms in total. The molecular weight excluding hydrogens is 857 g/mol. The van der Waals surface area contributed by atoms with E-state index in [0.717, 1.165) is 51.3 Å². The number of aromatic nitrogens is 4. The Hall–Kier alpha value is -5.28. The number of esters is 1. The minimum absolute atomic E-state index is 0.0508. The lowest BCUT2D eigenvalue weighted by atomic mass is 10.1. The van der Waals surface area contributed by atoms with Crippen LogP contribution < -0.4 is 29.8 Å². The van der Waals surface area contributed by atoms with Crippen LogP contribution in [0.2, 0.25) is 10.0 Å². The van der Waals surface area contributed by atoms with E-state index in [9.17, 15) is 14.4 Å². The molecule has 3 saturated heterocycles. The van der Waals surface area contributed by atoms with Gasteiger partial charge in [0.05, 0.1) is 18.2 Å². The lowest BCUT2D eigenvalue weighted by molar-refractivity contribution is -0.753. The third-order valence-electron chi connectivity index (χ3n) is 10.8. The lowest BCUT2D eigenvalue weighted by Crippen LogP contribution is -2.54. The number of benzene rings is 2. The molecule has 21 heteroatoms. The topological polar surface area (TPSA) is 172 Å². The lowest BCUT2D eigenvalue weighted by Gasteiger charge is -2.39. The summed E-state index contributed by atoms with van der Waals surface area (Å²) < 4.78 is 33.6. The van der Waals surface area contributed by atoms with Crippen LogP contribution >= 0.6 is 23.2 Å². The Morgan fingerprint density at radius 3 is 2.67 bits per heavy atom. The summed E-state index contributed by atoms with van der Waals surface area (Å²) in [6.07, 6.45) is 4.90. The SMILES string of the molecule is CCCCN1CN(N2CCN(c3ccc(OCC4COC(Cn5c[n+](C(C)OC(=O)N(C)c6ncccc6COC(=O)CNC)cn5)(c5ccc(Cl)cc5Cl)O4)cc3)CC2)C(=O)N1. The molecule has 7 rings (SSSR count). The van der Waals surface area contributed by atoms with E-state index in [0.29, 0.717) is 33.6 Å². The molecule has 0 bridgehead atoms. The van der Waals surface area contributed by atoms with E-state index in [1.54, 1.807) is 64.9 Å². The molecule has 3 amide bonds. The van der Waals surface area contributed by atoms with E-state index in [1.165, 1.54) is 24.5 Å². The van der Waals surface area contributed by atoms with Gasteiger partial charge in [0.2, 0.25) is 18.3 Å². The molecule has 2 N–H and O–H groups in total. The molecule has 3 atom stereocenters. The predicted octanol–water partition coefficient (Wildman–Crippen LogP) is 4.31. The molecule has 3 fully saturated rings. The highest BCUT2D eigenvalue weighted by Gasteiger charge is 2.47. The maximum absolute atomic E-state index is 13.3. The van der Waals surface area contributed by atoms with Crippen LogP contribution in [0.1, 0.15) is 44.0 Å². The molecule has 0 aliphatic carbocycles. The standard InChI is InChI=1S/C42H53Cl2N11O8/c1-5-6-16-52-29-55(40(57)48-52)54-19-17-50(18-20-54)33-10-12-34(13-11-33)59-24-35-25-61-42(63-35,36-14-9-32(43)21-37(36)44)26-53-28-51(27-47-53)30(2)62-41(58)49(4)39-31(8-7-15-46-39)23-60-38(56)22-45-3/h7-15,21,27-28,30,35,45H,5-6,16-20,22-26,29H2,1-4H3/p+1. The molecule has 0 spiro atoms. The number of unbranched alkanes of at least 4 members (excludes halogenated alkanes) is 1. The van der Waals surface area contributed by atoms with Crippen molar-refractivity contribution in [2.24, 2.45) is 0 Å². The maximum Gasteiger partial charge on any atom is 0.418 e. The zero-order valence-electron chi connectivity index (χ0n) is 35.8. The number of nitrogens with one attached hydrogen (secondary N) is 2.